The highest BCUT2D eigenvalue weighted by atomic mass is 15.2. The minimum Gasteiger partial charge on any atom is -0.316 e. The summed E-state index contributed by atoms with van der Waals surface area (Å²) in [4.78, 5) is 2.27. The van der Waals surface area contributed by atoms with Crippen LogP contribution in [0.25, 0.3) is 0 Å². The van der Waals surface area contributed by atoms with Gasteiger partial charge in [0.25, 0.3) is 0 Å². The number of nitrogens with zero attached hydrogens (tertiary/aromatic N) is 1. The summed E-state index contributed by atoms with van der Waals surface area (Å²) in [5, 5.41) is 0. The maximum absolute atomic E-state index is 6.08. The molecule has 1 aliphatic rings. The molecular formula is C15H24N2. The number of hydrogen-bond acceptors (Lipinski definition) is 2. The summed E-state index contributed by atoms with van der Waals surface area (Å²) < 4.78 is 0. The van der Waals surface area contributed by atoms with Crippen LogP contribution < -0.4 is 5.73 Å². The van der Waals surface area contributed by atoms with Crippen molar-refractivity contribution < 1.29 is 0 Å². The van der Waals surface area contributed by atoms with E-state index < -0.39 is 0 Å². The van der Waals surface area contributed by atoms with E-state index in [0.717, 1.165) is 12.5 Å². The molecule has 2 nitrogen and oxygen atoms in total. The molecule has 0 spiro atoms. The van der Waals surface area contributed by atoms with Gasteiger partial charge >= 0.3 is 0 Å². The molecule has 1 fully saturated rings. The Hall–Kier alpha value is -0.860. The normalized spacial score (nSPS) is 26.0. The maximum atomic E-state index is 6.08. The highest BCUT2D eigenvalue weighted by Gasteiger charge is 2.22. The smallest absolute Gasteiger partial charge is 0.0571 e. The molecular weight excluding hydrogens is 208 g/mol. The van der Waals surface area contributed by atoms with Gasteiger partial charge in [-0.25, -0.2) is 0 Å². The zero-order valence-corrected chi connectivity index (χ0v) is 10.8. The van der Waals surface area contributed by atoms with E-state index in [1.165, 1.54) is 37.7 Å². The van der Waals surface area contributed by atoms with Gasteiger partial charge in [-0.05, 0) is 57.2 Å². The minimum absolute atomic E-state index is 0.283. The molecule has 2 N–H and O–H groups in total. The molecule has 2 atom stereocenters. The monoisotopic (exact) mass is 232 g/mol. The average molecular weight is 232 g/mol. The number of nitrogens with two attached hydrogens (primary N) is 1. The van der Waals surface area contributed by atoms with Gasteiger partial charge in [0.05, 0.1) is 6.17 Å². The van der Waals surface area contributed by atoms with Crippen molar-refractivity contribution in [3.8, 4) is 0 Å². The number of rotatable bonds is 4. The molecule has 0 radical (unpaired) electrons. The third-order valence-corrected chi connectivity index (χ3v) is 3.95. The van der Waals surface area contributed by atoms with Crippen molar-refractivity contribution in [1.29, 1.82) is 0 Å². The fraction of sp³-hybridized carbons (Fsp3) is 0.600. The lowest BCUT2D eigenvalue weighted by molar-refractivity contribution is 0.140. The van der Waals surface area contributed by atoms with Crippen molar-refractivity contribution in [2.75, 3.05) is 13.6 Å². The van der Waals surface area contributed by atoms with E-state index in [9.17, 15) is 0 Å². The Morgan fingerprint density at radius 3 is 2.76 bits per heavy atom. The molecule has 0 aromatic heterocycles. The Balaban J connectivity index is 1.69. The number of hydrogen-bond donors (Lipinski definition) is 1. The molecule has 2 heteroatoms. The lowest BCUT2D eigenvalue weighted by Gasteiger charge is -2.34. The van der Waals surface area contributed by atoms with Gasteiger partial charge in [0, 0.05) is 0 Å². The standard InChI is InChI=1S/C15H24N2/c1-17-11-10-14(12-15(17)16)9-5-8-13-6-3-2-4-7-13/h2-4,6-7,14-15H,5,8-12,16H2,1H3. The van der Waals surface area contributed by atoms with Gasteiger partial charge in [-0.2, -0.15) is 0 Å². The van der Waals surface area contributed by atoms with E-state index in [2.05, 4.69) is 42.3 Å². The van der Waals surface area contributed by atoms with E-state index in [1.807, 2.05) is 0 Å². The van der Waals surface area contributed by atoms with Crippen LogP contribution >= 0.6 is 0 Å². The number of likely N-dealkylation sites (tertiary alicyclic amines) is 1. The Labute approximate surface area is 105 Å². The molecule has 1 aromatic carbocycles. The fourth-order valence-corrected chi connectivity index (χ4v) is 2.69. The lowest BCUT2D eigenvalue weighted by Crippen LogP contribution is -2.45. The summed E-state index contributed by atoms with van der Waals surface area (Å²) in [7, 11) is 2.13. The van der Waals surface area contributed by atoms with Gasteiger partial charge in [-0.3, -0.25) is 4.90 Å². The predicted octanol–water partition coefficient (Wildman–Crippen LogP) is 2.64. The molecule has 94 valence electrons. The third kappa shape index (κ3) is 3.83. The predicted molar refractivity (Wildman–Crippen MR) is 72.7 cm³/mol. The molecule has 1 aromatic rings. The lowest BCUT2D eigenvalue weighted by atomic mass is 9.89. The highest BCUT2D eigenvalue weighted by Crippen LogP contribution is 2.24. The van der Waals surface area contributed by atoms with Gasteiger partial charge in [-0.1, -0.05) is 30.3 Å². The molecule has 1 aliphatic heterocycles. The van der Waals surface area contributed by atoms with Crippen molar-refractivity contribution in [2.45, 2.75) is 38.3 Å². The molecule has 17 heavy (non-hydrogen) atoms. The van der Waals surface area contributed by atoms with Crippen LogP contribution in [0.1, 0.15) is 31.2 Å². The van der Waals surface area contributed by atoms with E-state index in [-0.39, 0.29) is 6.17 Å². The van der Waals surface area contributed by atoms with Crippen molar-refractivity contribution in [3.05, 3.63) is 35.9 Å². The van der Waals surface area contributed by atoms with E-state index in [1.54, 1.807) is 0 Å². The first-order chi connectivity index (χ1) is 8.25. The van der Waals surface area contributed by atoms with Gasteiger partial charge in [0.15, 0.2) is 0 Å². The van der Waals surface area contributed by atoms with Crippen LogP contribution in [0, 0.1) is 5.92 Å². The van der Waals surface area contributed by atoms with Crippen LogP contribution in [0.15, 0.2) is 30.3 Å². The van der Waals surface area contributed by atoms with Gasteiger partial charge in [0.1, 0.15) is 0 Å². The zero-order valence-electron chi connectivity index (χ0n) is 10.8. The maximum Gasteiger partial charge on any atom is 0.0571 e. The minimum atomic E-state index is 0.283. The van der Waals surface area contributed by atoms with Gasteiger partial charge < -0.3 is 5.73 Å². The Kier molecular flexibility index (Phi) is 4.57. The molecule has 2 rings (SSSR count). The molecule has 0 bridgehead atoms. The topological polar surface area (TPSA) is 29.3 Å². The summed E-state index contributed by atoms with van der Waals surface area (Å²) in [6.45, 7) is 1.16. The first-order valence-corrected chi connectivity index (χ1v) is 6.75. The van der Waals surface area contributed by atoms with Gasteiger partial charge in [-0.15, -0.1) is 0 Å². The first-order valence-electron chi connectivity index (χ1n) is 6.75. The van der Waals surface area contributed by atoms with E-state index in [0.29, 0.717) is 0 Å². The summed E-state index contributed by atoms with van der Waals surface area (Å²) in [5.74, 6) is 0.838. The van der Waals surface area contributed by atoms with Crippen molar-refractivity contribution in [2.24, 2.45) is 11.7 Å². The van der Waals surface area contributed by atoms with Crippen molar-refractivity contribution in [1.82, 2.24) is 4.90 Å². The Bertz CT molecular complexity index is 323. The largest absolute Gasteiger partial charge is 0.316 e. The molecule has 0 amide bonds. The average Bonchev–Trinajstić information content (AvgIpc) is 2.35. The van der Waals surface area contributed by atoms with Crippen LogP contribution in [0.2, 0.25) is 0 Å². The fourth-order valence-electron chi connectivity index (χ4n) is 2.69. The molecule has 2 unspecified atom stereocenters. The number of aryl methyl sites for hydroxylation is 1. The Morgan fingerprint density at radius 2 is 2.06 bits per heavy atom. The second-order valence-corrected chi connectivity index (χ2v) is 5.32. The summed E-state index contributed by atoms with van der Waals surface area (Å²) in [5.41, 5.74) is 7.54. The molecule has 1 heterocycles. The van der Waals surface area contributed by atoms with E-state index in [4.69, 9.17) is 5.73 Å². The summed E-state index contributed by atoms with van der Waals surface area (Å²) in [6.07, 6.45) is 6.61. The molecule has 1 saturated heterocycles. The van der Waals surface area contributed by atoms with Gasteiger partial charge in [0.2, 0.25) is 0 Å². The quantitative estimate of drug-likeness (QED) is 0.864. The van der Waals surface area contributed by atoms with E-state index >= 15 is 0 Å². The van der Waals surface area contributed by atoms with Crippen LogP contribution in [0.4, 0.5) is 0 Å². The molecule has 0 aliphatic carbocycles. The zero-order chi connectivity index (χ0) is 12.1. The SMILES string of the molecule is CN1CCC(CCCc2ccccc2)CC1N. The number of piperidine rings is 1. The summed E-state index contributed by atoms with van der Waals surface area (Å²) in [6, 6.07) is 10.8. The Morgan fingerprint density at radius 1 is 1.29 bits per heavy atom. The van der Waals surface area contributed by atoms with Crippen LogP contribution in [-0.4, -0.2) is 24.7 Å². The molecule has 0 saturated carbocycles. The van der Waals surface area contributed by atoms with Crippen LogP contribution in [-0.2, 0) is 6.42 Å². The second kappa shape index (κ2) is 6.18. The van der Waals surface area contributed by atoms with Crippen molar-refractivity contribution >= 4 is 0 Å². The van der Waals surface area contributed by atoms with Crippen LogP contribution in [0.3, 0.4) is 0 Å². The number of benzene rings is 1. The third-order valence-electron chi connectivity index (χ3n) is 3.95. The summed E-state index contributed by atoms with van der Waals surface area (Å²) >= 11 is 0. The first kappa shape index (κ1) is 12.6. The van der Waals surface area contributed by atoms with Crippen LogP contribution in [0.5, 0.6) is 0 Å². The second-order valence-electron chi connectivity index (χ2n) is 5.32. The highest BCUT2D eigenvalue weighted by molar-refractivity contribution is 5.14. The van der Waals surface area contributed by atoms with Crippen molar-refractivity contribution in [3.63, 3.8) is 0 Å².